The fraction of sp³-hybridized carbons (Fsp3) is 0.941. The first kappa shape index (κ1) is 16.2. The van der Waals surface area contributed by atoms with Crippen molar-refractivity contribution in [3.05, 3.63) is 0 Å². The van der Waals surface area contributed by atoms with Gasteiger partial charge in [-0.2, -0.15) is 0 Å². The number of carbonyl (C=O) groups excluding carboxylic acids is 1. The van der Waals surface area contributed by atoms with E-state index in [9.17, 15) is 4.79 Å². The maximum atomic E-state index is 12.6. The van der Waals surface area contributed by atoms with Gasteiger partial charge < -0.3 is 9.47 Å². The van der Waals surface area contributed by atoms with Gasteiger partial charge in [-0.25, -0.2) is 5.06 Å². The van der Waals surface area contributed by atoms with E-state index in [1.165, 1.54) is 11.5 Å². The van der Waals surface area contributed by atoms with Gasteiger partial charge in [0.1, 0.15) is 0 Å². The first-order chi connectivity index (χ1) is 10.6. The molecule has 5 heteroatoms. The highest BCUT2D eigenvalue weighted by Crippen LogP contribution is 2.57. The van der Waals surface area contributed by atoms with Gasteiger partial charge in [-0.1, -0.05) is 0 Å². The third-order valence-electron chi connectivity index (χ3n) is 6.13. The summed E-state index contributed by atoms with van der Waals surface area (Å²) in [6.07, 6.45) is 9.54. The molecule has 1 saturated heterocycles. The molecule has 0 aromatic heterocycles. The zero-order valence-corrected chi connectivity index (χ0v) is 13.9. The number of ether oxygens (including phenoxy) is 2. The summed E-state index contributed by atoms with van der Waals surface area (Å²) in [5.41, 5.74) is 0.0856. The van der Waals surface area contributed by atoms with Gasteiger partial charge in [0.05, 0.1) is 19.1 Å². The average molecular weight is 311 g/mol. The van der Waals surface area contributed by atoms with E-state index < -0.39 is 0 Å². The third kappa shape index (κ3) is 3.03. The van der Waals surface area contributed by atoms with Crippen LogP contribution in [-0.2, 0) is 19.1 Å². The normalized spacial score (nSPS) is 38.0. The summed E-state index contributed by atoms with van der Waals surface area (Å²) in [6, 6.07) is 0. The molecule has 4 fully saturated rings. The van der Waals surface area contributed by atoms with Crippen molar-refractivity contribution >= 4 is 5.91 Å². The second-order valence-electron chi connectivity index (χ2n) is 7.37. The number of rotatable bonds is 5. The minimum absolute atomic E-state index is 0.00186. The lowest BCUT2D eigenvalue weighted by atomic mass is 9.53. The Hall–Kier alpha value is -0.650. The highest BCUT2D eigenvalue weighted by Gasteiger charge is 2.53. The first-order valence-electron chi connectivity index (χ1n) is 8.65. The van der Waals surface area contributed by atoms with Crippen molar-refractivity contribution in [2.45, 2.75) is 64.1 Å². The molecular weight excluding hydrogens is 282 g/mol. The topological polar surface area (TPSA) is 48.0 Å². The van der Waals surface area contributed by atoms with Crippen LogP contribution in [-0.4, -0.2) is 44.6 Å². The smallest absolute Gasteiger partial charge is 0.252 e. The number of hydroxylamine groups is 2. The van der Waals surface area contributed by atoms with Gasteiger partial charge in [-0.05, 0) is 63.2 Å². The van der Waals surface area contributed by atoms with Crippen molar-refractivity contribution in [3.8, 4) is 0 Å². The monoisotopic (exact) mass is 311 g/mol. The second-order valence-corrected chi connectivity index (χ2v) is 7.37. The molecule has 1 aliphatic heterocycles. The molecule has 0 N–H and O–H groups in total. The van der Waals surface area contributed by atoms with Crippen LogP contribution in [0, 0.1) is 10.8 Å². The maximum Gasteiger partial charge on any atom is 0.252 e. The van der Waals surface area contributed by atoms with Crippen LogP contribution < -0.4 is 0 Å². The van der Waals surface area contributed by atoms with Crippen LogP contribution in [0.1, 0.15) is 57.8 Å². The van der Waals surface area contributed by atoms with Crippen LogP contribution in [0.4, 0.5) is 0 Å². The second kappa shape index (κ2) is 6.46. The van der Waals surface area contributed by atoms with Gasteiger partial charge in [0.25, 0.3) is 5.91 Å². The molecule has 4 aliphatic rings. The Morgan fingerprint density at radius 3 is 2.41 bits per heavy atom. The van der Waals surface area contributed by atoms with Gasteiger partial charge in [-0.15, -0.1) is 0 Å². The van der Waals surface area contributed by atoms with Crippen molar-refractivity contribution in [2.75, 3.05) is 27.4 Å². The minimum atomic E-state index is -0.187. The zero-order chi connectivity index (χ0) is 15.6. The van der Waals surface area contributed by atoms with E-state index in [1.54, 1.807) is 14.2 Å². The summed E-state index contributed by atoms with van der Waals surface area (Å²) in [5, 5.41) is 1.41. The number of nitrogens with zero attached hydrogens (tertiary/aromatic N) is 1. The fourth-order valence-corrected chi connectivity index (χ4v) is 4.33. The van der Waals surface area contributed by atoms with Crippen LogP contribution in [0.2, 0.25) is 0 Å². The third-order valence-corrected chi connectivity index (χ3v) is 6.13. The molecule has 3 aliphatic carbocycles. The van der Waals surface area contributed by atoms with E-state index in [-0.39, 0.29) is 23.0 Å². The average Bonchev–Trinajstić information content (AvgIpc) is 2.61. The lowest BCUT2D eigenvalue weighted by Gasteiger charge is -2.53. The number of fused-ring (bicyclic) bond motifs is 3. The van der Waals surface area contributed by atoms with E-state index in [0.29, 0.717) is 0 Å². The number of amides is 1. The van der Waals surface area contributed by atoms with Gasteiger partial charge >= 0.3 is 0 Å². The SMILES string of the molecule is CON(C)C(=O)C12CCC(COC3CCCCO3)(CC1)CC2. The van der Waals surface area contributed by atoms with Crippen molar-refractivity contribution in [2.24, 2.45) is 10.8 Å². The molecule has 1 heterocycles. The lowest BCUT2D eigenvalue weighted by molar-refractivity contribution is -0.204. The molecule has 0 aromatic rings. The predicted molar refractivity (Wildman–Crippen MR) is 81.9 cm³/mol. The molecule has 1 unspecified atom stereocenters. The zero-order valence-electron chi connectivity index (χ0n) is 13.9. The molecule has 3 saturated carbocycles. The van der Waals surface area contributed by atoms with Crippen LogP contribution in [0.15, 0.2) is 0 Å². The van der Waals surface area contributed by atoms with Crippen LogP contribution in [0.3, 0.4) is 0 Å². The molecule has 22 heavy (non-hydrogen) atoms. The van der Waals surface area contributed by atoms with Crippen LogP contribution >= 0.6 is 0 Å². The molecular formula is C17H29NO4. The van der Waals surface area contributed by atoms with E-state index in [2.05, 4.69) is 0 Å². The lowest BCUT2D eigenvalue weighted by Crippen LogP contribution is -2.51. The Balaban J connectivity index is 1.54. The molecule has 0 radical (unpaired) electrons. The molecule has 5 nitrogen and oxygen atoms in total. The molecule has 0 aromatic carbocycles. The minimum Gasteiger partial charge on any atom is -0.353 e. The summed E-state index contributed by atoms with van der Waals surface area (Å²) in [7, 11) is 3.28. The van der Waals surface area contributed by atoms with Crippen molar-refractivity contribution in [1.29, 1.82) is 0 Å². The number of hydrogen-bond acceptors (Lipinski definition) is 4. The molecule has 4 rings (SSSR count). The standard InChI is InChI=1S/C17H29NO4/c1-18(20-2)15(19)17-9-6-16(7-10-17,8-11-17)13-22-14-5-3-4-12-21-14/h14H,3-13H2,1-2H3. The van der Waals surface area contributed by atoms with Crippen LogP contribution in [0.25, 0.3) is 0 Å². The van der Waals surface area contributed by atoms with Gasteiger partial charge in [0, 0.05) is 13.7 Å². The molecule has 2 bridgehead atoms. The molecule has 0 spiro atoms. The quantitative estimate of drug-likeness (QED) is 0.733. The Morgan fingerprint density at radius 1 is 1.18 bits per heavy atom. The Labute approximate surface area is 133 Å². The summed E-state index contributed by atoms with van der Waals surface area (Å²) < 4.78 is 11.7. The number of carbonyl (C=O) groups is 1. The number of hydrogen-bond donors (Lipinski definition) is 0. The van der Waals surface area contributed by atoms with E-state index in [4.69, 9.17) is 14.3 Å². The molecule has 1 amide bonds. The highest BCUT2D eigenvalue weighted by molar-refractivity contribution is 5.82. The molecule has 126 valence electrons. The first-order valence-corrected chi connectivity index (χ1v) is 8.65. The Morgan fingerprint density at radius 2 is 1.86 bits per heavy atom. The summed E-state index contributed by atoms with van der Waals surface area (Å²) in [4.78, 5) is 17.7. The summed E-state index contributed by atoms with van der Waals surface area (Å²) in [6.45, 7) is 1.63. The van der Waals surface area contributed by atoms with Gasteiger partial charge in [0.15, 0.2) is 6.29 Å². The summed E-state index contributed by atoms with van der Waals surface area (Å²) in [5.74, 6) is 0.153. The summed E-state index contributed by atoms with van der Waals surface area (Å²) >= 11 is 0. The van der Waals surface area contributed by atoms with Gasteiger partial charge in [-0.3, -0.25) is 9.63 Å². The van der Waals surface area contributed by atoms with E-state index >= 15 is 0 Å². The van der Waals surface area contributed by atoms with Crippen molar-refractivity contribution in [3.63, 3.8) is 0 Å². The van der Waals surface area contributed by atoms with E-state index in [1.807, 2.05) is 0 Å². The largest absolute Gasteiger partial charge is 0.353 e. The van der Waals surface area contributed by atoms with Crippen LogP contribution in [0.5, 0.6) is 0 Å². The van der Waals surface area contributed by atoms with Gasteiger partial charge in [0.2, 0.25) is 0 Å². The Kier molecular flexibility index (Phi) is 4.76. The molecule has 1 atom stereocenters. The Bertz CT molecular complexity index is 381. The van der Waals surface area contributed by atoms with Crippen molar-refractivity contribution < 1.29 is 19.1 Å². The van der Waals surface area contributed by atoms with Crippen molar-refractivity contribution in [1.82, 2.24) is 5.06 Å². The highest BCUT2D eigenvalue weighted by atomic mass is 16.7. The van der Waals surface area contributed by atoms with E-state index in [0.717, 1.165) is 64.6 Å². The maximum absolute atomic E-state index is 12.6. The predicted octanol–water partition coefficient (Wildman–Crippen LogP) is 2.89. The fourth-order valence-electron chi connectivity index (χ4n) is 4.33.